The molecule has 108 valence electrons. The van der Waals surface area contributed by atoms with Crippen molar-refractivity contribution in [1.82, 2.24) is 0 Å². The number of nitrogen functional groups attached to an aromatic ring is 1. The number of anilines is 1. The maximum atomic E-state index is 13.3. The van der Waals surface area contributed by atoms with Crippen LogP contribution in [0.5, 0.6) is 11.5 Å². The molecule has 6 heteroatoms. The largest absolute Gasteiger partial charge is 0.491 e. The first kappa shape index (κ1) is 15.5. The van der Waals surface area contributed by atoms with Crippen LogP contribution in [0.25, 0.3) is 0 Å². The van der Waals surface area contributed by atoms with Crippen molar-refractivity contribution < 1.29 is 22.6 Å². The van der Waals surface area contributed by atoms with Gasteiger partial charge in [-0.1, -0.05) is 13.8 Å². The van der Waals surface area contributed by atoms with Gasteiger partial charge in [-0.15, -0.1) is 0 Å². The number of nitrogens with two attached hydrogens (primary N) is 1. The monoisotopic (exact) mass is 277 g/mol. The van der Waals surface area contributed by atoms with Gasteiger partial charge in [0.05, 0.1) is 12.3 Å². The molecule has 0 spiro atoms. The van der Waals surface area contributed by atoms with E-state index in [0.29, 0.717) is 12.5 Å². The first-order chi connectivity index (χ1) is 8.90. The van der Waals surface area contributed by atoms with Crippen molar-refractivity contribution in [3.05, 3.63) is 17.9 Å². The second-order valence-corrected chi connectivity index (χ2v) is 4.58. The number of alkyl halides is 2. The summed E-state index contributed by atoms with van der Waals surface area (Å²) in [5.74, 6) is -0.803. The molecule has 1 rings (SSSR count). The van der Waals surface area contributed by atoms with E-state index < -0.39 is 18.2 Å². The highest BCUT2D eigenvalue weighted by Gasteiger charge is 2.14. The van der Waals surface area contributed by atoms with Crippen molar-refractivity contribution >= 4 is 5.69 Å². The third-order valence-electron chi connectivity index (χ3n) is 2.46. The number of hydrogen-bond acceptors (Lipinski definition) is 3. The average molecular weight is 277 g/mol. The summed E-state index contributed by atoms with van der Waals surface area (Å²) in [6.07, 6.45) is 1.78. The van der Waals surface area contributed by atoms with E-state index in [0.717, 1.165) is 25.0 Å². The summed E-state index contributed by atoms with van der Waals surface area (Å²) in [5.41, 5.74) is 5.61. The fourth-order valence-corrected chi connectivity index (χ4v) is 1.54. The number of rotatable bonds is 7. The zero-order chi connectivity index (χ0) is 14.4. The Labute approximate surface area is 110 Å². The van der Waals surface area contributed by atoms with Gasteiger partial charge in [-0.2, -0.15) is 8.78 Å². The third kappa shape index (κ3) is 5.28. The van der Waals surface area contributed by atoms with Crippen LogP contribution in [0.2, 0.25) is 0 Å². The summed E-state index contributed by atoms with van der Waals surface area (Å²) in [6.45, 7) is 1.47. The SMILES string of the molecule is CC(C)CCCOc1cc(OC(F)F)c(F)cc1N. The lowest BCUT2D eigenvalue weighted by Gasteiger charge is -2.12. The van der Waals surface area contributed by atoms with Crippen molar-refractivity contribution in [3.63, 3.8) is 0 Å². The van der Waals surface area contributed by atoms with Crippen LogP contribution in [0.3, 0.4) is 0 Å². The summed E-state index contributed by atoms with van der Waals surface area (Å²) in [6, 6.07) is 1.96. The molecule has 0 saturated carbocycles. The molecule has 0 heterocycles. The summed E-state index contributed by atoms with van der Waals surface area (Å²) in [4.78, 5) is 0. The molecule has 0 saturated heterocycles. The van der Waals surface area contributed by atoms with Gasteiger partial charge >= 0.3 is 6.61 Å². The molecule has 0 radical (unpaired) electrons. The normalized spacial score (nSPS) is 11.1. The van der Waals surface area contributed by atoms with Crippen LogP contribution < -0.4 is 15.2 Å². The van der Waals surface area contributed by atoms with Crippen LogP contribution >= 0.6 is 0 Å². The van der Waals surface area contributed by atoms with Crippen LogP contribution in [0.4, 0.5) is 18.9 Å². The lowest BCUT2D eigenvalue weighted by Crippen LogP contribution is -2.06. The Hall–Kier alpha value is -1.59. The Balaban J connectivity index is 2.66. The van der Waals surface area contributed by atoms with Crippen LogP contribution in [0.1, 0.15) is 26.7 Å². The topological polar surface area (TPSA) is 44.5 Å². The van der Waals surface area contributed by atoms with Crippen molar-refractivity contribution in [2.24, 2.45) is 5.92 Å². The number of benzene rings is 1. The molecule has 3 nitrogen and oxygen atoms in total. The Morgan fingerprint density at radius 1 is 1.21 bits per heavy atom. The average Bonchev–Trinajstić information content (AvgIpc) is 2.29. The molecule has 1 aromatic rings. The van der Waals surface area contributed by atoms with E-state index in [1.54, 1.807) is 0 Å². The number of halogens is 3. The Morgan fingerprint density at radius 3 is 2.47 bits per heavy atom. The molecule has 1 aromatic carbocycles. The van der Waals surface area contributed by atoms with E-state index >= 15 is 0 Å². The minimum absolute atomic E-state index is 0.0589. The van der Waals surface area contributed by atoms with Gasteiger partial charge in [-0.05, 0) is 18.8 Å². The first-order valence-corrected chi connectivity index (χ1v) is 6.06. The van der Waals surface area contributed by atoms with Crippen LogP contribution in [-0.4, -0.2) is 13.2 Å². The Morgan fingerprint density at radius 2 is 1.89 bits per heavy atom. The molecule has 0 fully saturated rings. The molecule has 0 amide bonds. The van der Waals surface area contributed by atoms with Crippen molar-refractivity contribution in [1.29, 1.82) is 0 Å². The van der Waals surface area contributed by atoms with Crippen LogP contribution in [0, 0.1) is 11.7 Å². The molecule has 19 heavy (non-hydrogen) atoms. The predicted octanol–water partition coefficient (Wildman–Crippen LogP) is 3.82. The molecule has 0 aliphatic heterocycles. The molecule has 0 aliphatic rings. The molecular weight excluding hydrogens is 259 g/mol. The Kier molecular flexibility index (Phi) is 5.79. The van der Waals surface area contributed by atoms with E-state index in [-0.39, 0.29) is 11.4 Å². The molecule has 2 N–H and O–H groups in total. The highest BCUT2D eigenvalue weighted by atomic mass is 19.3. The smallest absolute Gasteiger partial charge is 0.387 e. The van der Waals surface area contributed by atoms with E-state index in [4.69, 9.17) is 10.5 Å². The molecule has 0 aliphatic carbocycles. The van der Waals surface area contributed by atoms with Crippen LogP contribution in [0.15, 0.2) is 12.1 Å². The van der Waals surface area contributed by atoms with E-state index in [1.807, 2.05) is 0 Å². The minimum atomic E-state index is -3.09. The van der Waals surface area contributed by atoms with E-state index in [2.05, 4.69) is 18.6 Å². The summed E-state index contributed by atoms with van der Waals surface area (Å²) in [5, 5.41) is 0. The Bertz CT molecular complexity index is 411. The lowest BCUT2D eigenvalue weighted by atomic mass is 10.1. The third-order valence-corrected chi connectivity index (χ3v) is 2.46. The second-order valence-electron chi connectivity index (χ2n) is 4.58. The van der Waals surface area contributed by atoms with Gasteiger partial charge in [-0.3, -0.25) is 0 Å². The van der Waals surface area contributed by atoms with E-state index in [1.165, 1.54) is 0 Å². The molecule has 0 atom stereocenters. The zero-order valence-corrected chi connectivity index (χ0v) is 11.0. The molecule has 0 unspecified atom stereocenters. The highest BCUT2D eigenvalue weighted by molar-refractivity contribution is 5.56. The van der Waals surface area contributed by atoms with Gasteiger partial charge in [-0.25, -0.2) is 4.39 Å². The maximum absolute atomic E-state index is 13.3. The van der Waals surface area contributed by atoms with E-state index in [9.17, 15) is 13.2 Å². The van der Waals surface area contributed by atoms with Crippen molar-refractivity contribution in [2.75, 3.05) is 12.3 Å². The predicted molar refractivity (Wildman–Crippen MR) is 67.0 cm³/mol. The second kappa shape index (κ2) is 7.11. The lowest BCUT2D eigenvalue weighted by molar-refractivity contribution is -0.0522. The highest BCUT2D eigenvalue weighted by Crippen LogP contribution is 2.31. The van der Waals surface area contributed by atoms with Gasteiger partial charge in [0, 0.05) is 12.1 Å². The van der Waals surface area contributed by atoms with Gasteiger partial charge in [0.1, 0.15) is 5.75 Å². The van der Waals surface area contributed by atoms with Gasteiger partial charge in [0.15, 0.2) is 11.6 Å². The first-order valence-electron chi connectivity index (χ1n) is 6.06. The minimum Gasteiger partial charge on any atom is -0.491 e. The molecular formula is C13H18F3NO2. The number of ether oxygens (including phenoxy) is 2. The molecule has 0 bridgehead atoms. The zero-order valence-electron chi connectivity index (χ0n) is 11.0. The van der Waals surface area contributed by atoms with Crippen LogP contribution in [-0.2, 0) is 0 Å². The van der Waals surface area contributed by atoms with Gasteiger partial charge in [0.25, 0.3) is 0 Å². The number of hydrogen-bond donors (Lipinski definition) is 1. The maximum Gasteiger partial charge on any atom is 0.387 e. The summed E-state index contributed by atoms with van der Waals surface area (Å²) < 4.78 is 46.8. The quantitative estimate of drug-likeness (QED) is 0.608. The fourth-order valence-electron chi connectivity index (χ4n) is 1.54. The van der Waals surface area contributed by atoms with Gasteiger partial charge < -0.3 is 15.2 Å². The van der Waals surface area contributed by atoms with Crippen molar-refractivity contribution in [3.8, 4) is 11.5 Å². The van der Waals surface area contributed by atoms with Crippen molar-refractivity contribution in [2.45, 2.75) is 33.3 Å². The summed E-state index contributed by atoms with van der Waals surface area (Å²) in [7, 11) is 0. The molecule has 0 aromatic heterocycles. The summed E-state index contributed by atoms with van der Waals surface area (Å²) >= 11 is 0. The van der Waals surface area contributed by atoms with Gasteiger partial charge in [0.2, 0.25) is 0 Å². The fraction of sp³-hybridized carbons (Fsp3) is 0.538. The standard InChI is InChI=1S/C13H18F3NO2/c1-8(2)4-3-5-18-12-7-11(19-13(15)16)9(14)6-10(12)17/h6-8,13H,3-5,17H2,1-2H3.